The standard InChI is InChI=1S/C17H26BrNO/c1-11(2)13(5)15(10-19-12(3)4)14-7-8-17(20-6)16(18)9-14/h7-9,11-12,15,19H,5,10H2,1-4,6H3/t15-/m0/s1. The van der Waals surface area contributed by atoms with Crippen LogP contribution in [0, 0.1) is 5.92 Å². The second kappa shape index (κ2) is 7.84. The lowest BCUT2D eigenvalue weighted by molar-refractivity contribution is 0.411. The summed E-state index contributed by atoms with van der Waals surface area (Å²) in [4.78, 5) is 0. The van der Waals surface area contributed by atoms with Crippen LogP contribution in [-0.2, 0) is 0 Å². The summed E-state index contributed by atoms with van der Waals surface area (Å²) in [6, 6.07) is 6.75. The molecule has 3 heteroatoms. The van der Waals surface area contributed by atoms with E-state index in [1.54, 1.807) is 7.11 Å². The van der Waals surface area contributed by atoms with Gasteiger partial charge in [0.1, 0.15) is 5.75 Å². The minimum atomic E-state index is 0.319. The van der Waals surface area contributed by atoms with E-state index in [0.717, 1.165) is 16.8 Å². The zero-order valence-corrected chi connectivity index (χ0v) is 14.8. The molecule has 1 N–H and O–H groups in total. The Labute approximate surface area is 131 Å². The molecule has 0 unspecified atom stereocenters. The zero-order chi connectivity index (χ0) is 15.3. The van der Waals surface area contributed by atoms with Gasteiger partial charge >= 0.3 is 0 Å². The second-order valence-corrected chi connectivity index (χ2v) is 6.59. The normalized spacial score (nSPS) is 12.8. The third-order valence-electron chi connectivity index (χ3n) is 3.50. The van der Waals surface area contributed by atoms with Gasteiger partial charge in [-0.05, 0) is 39.5 Å². The number of hydrogen-bond donors (Lipinski definition) is 1. The summed E-state index contributed by atoms with van der Waals surface area (Å²) in [7, 11) is 1.69. The van der Waals surface area contributed by atoms with Gasteiger partial charge in [-0.2, -0.15) is 0 Å². The fourth-order valence-corrected chi connectivity index (χ4v) is 2.68. The van der Waals surface area contributed by atoms with Gasteiger partial charge in [0, 0.05) is 18.5 Å². The van der Waals surface area contributed by atoms with Crippen LogP contribution in [0.15, 0.2) is 34.8 Å². The van der Waals surface area contributed by atoms with Crippen molar-refractivity contribution in [3.05, 3.63) is 40.4 Å². The molecule has 1 aromatic carbocycles. The largest absolute Gasteiger partial charge is 0.496 e. The Kier molecular flexibility index (Phi) is 6.77. The first-order valence-electron chi connectivity index (χ1n) is 7.12. The Morgan fingerprint density at radius 1 is 1.30 bits per heavy atom. The Bertz CT molecular complexity index is 454. The molecule has 0 saturated heterocycles. The highest BCUT2D eigenvalue weighted by Gasteiger charge is 2.19. The number of hydrogen-bond acceptors (Lipinski definition) is 2. The molecule has 0 fully saturated rings. The zero-order valence-electron chi connectivity index (χ0n) is 13.2. The molecule has 0 bridgehead atoms. The van der Waals surface area contributed by atoms with Crippen molar-refractivity contribution in [1.82, 2.24) is 5.32 Å². The average molecular weight is 340 g/mol. The molecule has 0 aliphatic heterocycles. The minimum Gasteiger partial charge on any atom is -0.496 e. The average Bonchev–Trinajstić information content (AvgIpc) is 2.38. The van der Waals surface area contributed by atoms with Gasteiger partial charge in [0.25, 0.3) is 0 Å². The smallest absolute Gasteiger partial charge is 0.133 e. The highest BCUT2D eigenvalue weighted by Crippen LogP contribution is 2.33. The van der Waals surface area contributed by atoms with E-state index in [9.17, 15) is 0 Å². The second-order valence-electron chi connectivity index (χ2n) is 5.74. The van der Waals surface area contributed by atoms with Gasteiger partial charge in [-0.15, -0.1) is 0 Å². The Hall–Kier alpha value is -0.800. The van der Waals surface area contributed by atoms with Gasteiger partial charge in [0.2, 0.25) is 0 Å². The van der Waals surface area contributed by atoms with Crippen molar-refractivity contribution in [1.29, 1.82) is 0 Å². The summed E-state index contributed by atoms with van der Waals surface area (Å²) in [5.41, 5.74) is 2.53. The van der Waals surface area contributed by atoms with Crippen molar-refractivity contribution >= 4 is 15.9 Å². The number of benzene rings is 1. The molecule has 0 aromatic heterocycles. The molecular weight excluding hydrogens is 314 g/mol. The maximum absolute atomic E-state index is 5.30. The molecule has 0 saturated carbocycles. The maximum Gasteiger partial charge on any atom is 0.133 e. The first kappa shape index (κ1) is 17.3. The lowest BCUT2D eigenvalue weighted by Crippen LogP contribution is -2.29. The summed E-state index contributed by atoms with van der Waals surface area (Å²) < 4.78 is 6.29. The van der Waals surface area contributed by atoms with Gasteiger partial charge < -0.3 is 10.1 Å². The molecule has 0 heterocycles. The predicted octanol–water partition coefficient (Wildman–Crippen LogP) is 4.75. The summed E-state index contributed by atoms with van der Waals surface area (Å²) in [6.07, 6.45) is 0. The van der Waals surface area contributed by atoms with Crippen LogP contribution in [0.1, 0.15) is 39.2 Å². The fraction of sp³-hybridized carbons (Fsp3) is 0.529. The van der Waals surface area contributed by atoms with Crippen LogP contribution in [0.4, 0.5) is 0 Å². The molecule has 1 atom stereocenters. The van der Waals surface area contributed by atoms with E-state index >= 15 is 0 Å². The van der Waals surface area contributed by atoms with Crippen LogP contribution in [0.3, 0.4) is 0 Å². The summed E-state index contributed by atoms with van der Waals surface area (Å²) in [5, 5.41) is 3.52. The van der Waals surface area contributed by atoms with Crippen molar-refractivity contribution in [2.45, 2.75) is 39.7 Å². The third kappa shape index (κ3) is 4.64. The Morgan fingerprint density at radius 2 is 1.95 bits per heavy atom. The number of methoxy groups -OCH3 is 1. The molecule has 0 amide bonds. The van der Waals surface area contributed by atoms with Crippen LogP contribution < -0.4 is 10.1 Å². The maximum atomic E-state index is 5.30. The number of nitrogens with one attached hydrogen (secondary N) is 1. The van der Waals surface area contributed by atoms with Crippen molar-refractivity contribution in [3.8, 4) is 5.75 Å². The minimum absolute atomic E-state index is 0.319. The topological polar surface area (TPSA) is 21.3 Å². The highest BCUT2D eigenvalue weighted by atomic mass is 79.9. The predicted molar refractivity (Wildman–Crippen MR) is 90.6 cm³/mol. The van der Waals surface area contributed by atoms with Crippen LogP contribution in [-0.4, -0.2) is 19.7 Å². The molecule has 1 rings (SSSR count). The molecule has 0 radical (unpaired) electrons. The monoisotopic (exact) mass is 339 g/mol. The van der Waals surface area contributed by atoms with Gasteiger partial charge in [-0.25, -0.2) is 0 Å². The van der Waals surface area contributed by atoms with Crippen molar-refractivity contribution < 1.29 is 4.74 Å². The molecule has 20 heavy (non-hydrogen) atoms. The van der Waals surface area contributed by atoms with Gasteiger partial charge in [-0.3, -0.25) is 0 Å². The molecule has 1 aromatic rings. The van der Waals surface area contributed by atoms with Crippen LogP contribution in [0.25, 0.3) is 0 Å². The van der Waals surface area contributed by atoms with E-state index in [1.165, 1.54) is 11.1 Å². The highest BCUT2D eigenvalue weighted by molar-refractivity contribution is 9.10. The van der Waals surface area contributed by atoms with E-state index < -0.39 is 0 Å². The molecule has 112 valence electrons. The van der Waals surface area contributed by atoms with Gasteiger partial charge in [0.05, 0.1) is 11.6 Å². The number of rotatable bonds is 7. The van der Waals surface area contributed by atoms with E-state index in [1.807, 2.05) is 6.07 Å². The van der Waals surface area contributed by atoms with E-state index in [0.29, 0.717) is 17.9 Å². The Balaban J connectivity index is 3.03. The number of halogens is 1. The van der Waals surface area contributed by atoms with Gasteiger partial charge in [0.15, 0.2) is 0 Å². The van der Waals surface area contributed by atoms with Crippen molar-refractivity contribution in [2.75, 3.05) is 13.7 Å². The van der Waals surface area contributed by atoms with E-state index in [4.69, 9.17) is 4.74 Å². The third-order valence-corrected chi connectivity index (χ3v) is 4.12. The van der Waals surface area contributed by atoms with Gasteiger partial charge in [-0.1, -0.05) is 45.9 Å². The van der Waals surface area contributed by atoms with Crippen molar-refractivity contribution in [3.63, 3.8) is 0 Å². The number of ether oxygens (including phenoxy) is 1. The lowest BCUT2D eigenvalue weighted by atomic mass is 9.85. The quantitative estimate of drug-likeness (QED) is 0.723. The summed E-state index contributed by atoms with van der Waals surface area (Å²) >= 11 is 3.57. The van der Waals surface area contributed by atoms with Crippen LogP contribution in [0.5, 0.6) is 5.75 Å². The first-order chi connectivity index (χ1) is 9.36. The first-order valence-corrected chi connectivity index (χ1v) is 7.91. The molecule has 0 aliphatic rings. The Morgan fingerprint density at radius 3 is 2.40 bits per heavy atom. The van der Waals surface area contributed by atoms with Crippen molar-refractivity contribution in [2.24, 2.45) is 5.92 Å². The lowest BCUT2D eigenvalue weighted by Gasteiger charge is -2.25. The van der Waals surface area contributed by atoms with Crippen LogP contribution >= 0.6 is 15.9 Å². The molecule has 0 spiro atoms. The summed E-state index contributed by atoms with van der Waals surface area (Å²) in [5.74, 6) is 1.65. The molecule has 0 aliphatic carbocycles. The van der Waals surface area contributed by atoms with Crippen LogP contribution in [0.2, 0.25) is 0 Å². The fourth-order valence-electron chi connectivity index (χ4n) is 2.12. The summed E-state index contributed by atoms with van der Waals surface area (Å²) in [6.45, 7) is 13.9. The SMILES string of the molecule is C=C(C(C)C)[C@H](CNC(C)C)c1ccc(OC)c(Br)c1. The molecular formula is C17H26BrNO. The van der Waals surface area contributed by atoms with E-state index in [2.05, 4.69) is 67.7 Å². The van der Waals surface area contributed by atoms with E-state index in [-0.39, 0.29) is 0 Å². The molecule has 2 nitrogen and oxygen atoms in total.